The molecule has 0 fully saturated rings. The highest BCUT2D eigenvalue weighted by atomic mass is 31.1. The molecule has 0 atom stereocenters. The normalized spacial score (nSPS) is 11.6. The Balaban J connectivity index is 2.63. The molecule has 0 amide bonds. The van der Waals surface area contributed by atoms with Gasteiger partial charge in [-0.3, -0.25) is 0 Å². The third-order valence-electron chi connectivity index (χ3n) is 4.65. The summed E-state index contributed by atoms with van der Waals surface area (Å²) in [7, 11) is -3.14. The van der Waals surface area contributed by atoms with E-state index in [2.05, 4.69) is 0 Å². The average molecular weight is 478 g/mol. The van der Waals surface area contributed by atoms with E-state index in [0.717, 1.165) is 19.3 Å². The standard InChI is InChI=1S/C20H17F10P/c1-2-3-4-5-6-7-8-31(19-15(27)11(23)9(21)12(24)16(19)28)20-17(29)13(25)10(22)14(26)18(20)30/h2-8H2,1H3. The minimum absolute atomic E-state index is 0.00834. The van der Waals surface area contributed by atoms with Crippen molar-refractivity contribution in [3.8, 4) is 0 Å². The van der Waals surface area contributed by atoms with E-state index in [0.29, 0.717) is 12.8 Å². The highest BCUT2D eigenvalue weighted by Crippen LogP contribution is 2.41. The topological polar surface area (TPSA) is 0 Å². The summed E-state index contributed by atoms with van der Waals surface area (Å²) in [6, 6.07) is 0. The largest absolute Gasteiger partial charge is 0.203 e. The van der Waals surface area contributed by atoms with E-state index in [-0.39, 0.29) is 6.42 Å². The molecule has 0 N–H and O–H groups in total. The fourth-order valence-corrected chi connectivity index (χ4v) is 5.60. The molecule has 0 spiro atoms. The van der Waals surface area contributed by atoms with Crippen molar-refractivity contribution in [2.24, 2.45) is 0 Å². The van der Waals surface area contributed by atoms with Crippen molar-refractivity contribution in [3.63, 3.8) is 0 Å². The van der Waals surface area contributed by atoms with E-state index in [9.17, 15) is 43.9 Å². The maximum Gasteiger partial charge on any atom is 0.200 e. The summed E-state index contributed by atoms with van der Waals surface area (Å²) in [4.78, 5) is 0. The summed E-state index contributed by atoms with van der Waals surface area (Å²) < 4.78 is 139. The molecule has 0 aliphatic carbocycles. The van der Waals surface area contributed by atoms with Gasteiger partial charge in [0.1, 0.15) is 0 Å². The average Bonchev–Trinajstić information content (AvgIpc) is 2.75. The second-order valence-corrected chi connectivity index (χ2v) is 8.95. The maximum absolute atomic E-state index is 14.3. The molecular formula is C20H17F10P. The number of hydrogen-bond donors (Lipinski definition) is 0. The Hall–Kier alpha value is -1.83. The zero-order chi connectivity index (χ0) is 23.5. The summed E-state index contributed by atoms with van der Waals surface area (Å²) in [6.07, 6.45) is 2.95. The number of rotatable bonds is 9. The first-order valence-corrected chi connectivity index (χ1v) is 10.9. The van der Waals surface area contributed by atoms with E-state index in [1.807, 2.05) is 6.92 Å². The Morgan fingerprint density at radius 3 is 1.06 bits per heavy atom. The third kappa shape index (κ3) is 4.99. The van der Waals surface area contributed by atoms with Crippen LogP contribution in [0.25, 0.3) is 0 Å². The molecule has 0 heterocycles. The van der Waals surface area contributed by atoms with E-state index in [1.165, 1.54) is 0 Å². The lowest BCUT2D eigenvalue weighted by Gasteiger charge is -2.22. The van der Waals surface area contributed by atoms with Crippen molar-refractivity contribution in [2.45, 2.75) is 45.4 Å². The molecule has 0 saturated heterocycles. The van der Waals surface area contributed by atoms with Gasteiger partial charge in [-0.25, -0.2) is 43.9 Å². The Kier molecular flexibility index (Phi) is 8.74. The molecular weight excluding hydrogens is 461 g/mol. The molecule has 0 radical (unpaired) electrons. The Labute approximate surface area is 173 Å². The van der Waals surface area contributed by atoms with Crippen molar-refractivity contribution in [1.82, 2.24) is 0 Å². The molecule has 0 unspecified atom stereocenters. The molecule has 0 aliphatic heterocycles. The minimum atomic E-state index is -3.14. The van der Waals surface area contributed by atoms with Crippen LogP contribution in [-0.2, 0) is 0 Å². The van der Waals surface area contributed by atoms with Gasteiger partial charge in [0.15, 0.2) is 46.5 Å². The molecule has 31 heavy (non-hydrogen) atoms. The summed E-state index contributed by atoms with van der Waals surface area (Å²) in [5, 5.41) is -3.16. The monoisotopic (exact) mass is 478 g/mol. The summed E-state index contributed by atoms with van der Waals surface area (Å²) in [5.74, 6) is -23.9. The van der Waals surface area contributed by atoms with Crippen molar-refractivity contribution >= 4 is 18.5 Å². The zero-order valence-electron chi connectivity index (χ0n) is 16.2. The van der Waals surface area contributed by atoms with Crippen LogP contribution in [0.15, 0.2) is 0 Å². The summed E-state index contributed by atoms with van der Waals surface area (Å²) >= 11 is 0. The van der Waals surface area contributed by atoms with Crippen molar-refractivity contribution < 1.29 is 43.9 Å². The van der Waals surface area contributed by atoms with Crippen molar-refractivity contribution in [3.05, 3.63) is 58.2 Å². The van der Waals surface area contributed by atoms with Crippen LogP contribution in [0, 0.1) is 58.2 Å². The van der Waals surface area contributed by atoms with Gasteiger partial charge in [-0.2, -0.15) is 0 Å². The lowest BCUT2D eigenvalue weighted by atomic mass is 10.1. The van der Waals surface area contributed by atoms with Gasteiger partial charge < -0.3 is 0 Å². The van der Waals surface area contributed by atoms with E-state index < -0.39 is 82.9 Å². The molecule has 0 bridgehead atoms. The first kappa shape index (κ1) is 25.4. The molecule has 0 nitrogen and oxygen atoms in total. The maximum atomic E-state index is 14.3. The molecule has 0 aromatic heterocycles. The molecule has 172 valence electrons. The fourth-order valence-electron chi connectivity index (χ4n) is 3.05. The Morgan fingerprint density at radius 2 is 0.710 bits per heavy atom. The first-order valence-electron chi connectivity index (χ1n) is 9.36. The number of halogens is 10. The predicted molar refractivity (Wildman–Crippen MR) is 96.9 cm³/mol. The van der Waals surface area contributed by atoms with Gasteiger partial charge in [0.05, 0.1) is 10.6 Å². The molecule has 0 aliphatic rings. The van der Waals surface area contributed by atoms with Crippen LogP contribution in [0.4, 0.5) is 43.9 Å². The molecule has 2 aromatic carbocycles. The molecule has 0 saturated carbocycles. The van der Waals surface area contributed by atoms with Crippen LogP contribution in [0.1, 0.15) is 45.4 Å². The smallest absolute Gasteiger partial charge is 0.200 e. The van der Waals surface area contributed by atoms with Gasteiger partial charge in [0.2, 0.25) is 11.6 Å². The fraction of sp³-hybridized carbons (Fsp3) is 0.400. The lowest BCUT2D eigenvalue weighted by Crippen LogP contribution is -2.30. The Bertz CT molecular complexity index is 832. The minimum Gasteiger partial charge on any atom is -0.203 e. The van der Waals surface area contributed by atoms with Crippen LogP contribution in [-0.4, -0.2) is 6.16 Å². The summed E-state index contributed by atoms with van der Waals surface area (Å²) in [5.41, 5.74) is 0. The van der Waals surface area contributed by atoms with Crippen molar-refractivity contribution in [1.29, 1.82) is 0 Å². The van der Waals surface area contributed by atoms with Crippen molar-refractivity contribution in [2.75, 3.05) is 6.16 Å². The Morgan fingerprint density at radius 1 is 0.419 bits per heavy atom. The van der Waals surface area contributed by atoms with Crippen LogP contribution in [0.5, 0.6) is 0 Å². The third-order valence-corrected chi connectivity index (χ3v) is 7.28. The SMILES string of the molecule is CCCCCCCCP(c1c(F)c(F)c(F)c(F)c1F)c1c(F)c(F)c(F)c(F)c1F. The van der Waals surface area contributed by atoms with Crippen LogP contribution in [0.2, 0.25) is 0 Å². The predicted octanol–water partition coefficient (Wildman–Crippen LogP) is 6.87. The zero-order valence-corrected chi connectivity index (χ0v) is 17.1. The van der Waals surface area contributed by atoms with Gasteiger partial charge in [-0.15, -0.1) is 0 Å². The van der Waals surface area contributed by atoms with E-state index >= 15 is 0 Å². The molecule has 11 heteroatoms. The van der Waals surface area contributed by atoms with Gasteiger partial charge in [-0.1, -0.05) is 39.0 Å². The van der Waals surface area contributed by atoms with E-state index in [1.54, 1.807) is 0 Å². The molecule has 2 aromatic rings. The number of unbranched alkanes of at least 4 members (excludes halogenated alkanes) is 5. The van der Waals surface area contributed by atoms with Gasteiger partial charge >= 0.3 is 0 Å². The van der Waals surface area contributed by atoms with Crippen LogP contribution in [0.3, 0.4) is 0 Å². The van der Waals surface area contributed by atoms with E-state index in [4.69, 9.17) is 0 Å². The molecule has 2 rings (SSSR count). The van der Waals surface area contributed by atoms with Gasteiger partial charge in [0.25, 0.3) is 0 Å². The summed E-state index contributed by atoms with van der Waals surface area (Å²) in [6.45, 7) is 1.94. The highest BCUT2D eigenvalue weighted by molar-refractivity contribution is 7.73. The van der Waals surface area contributed by atoms with Gasteiger partial charge in [-0.05, 0) is 20.5 Å². The second kappa shape index (κ2) is 10.7. The number of benzene rings is 2. The second-order valence-electron chi connectivity index (χ2n) is 6.76. The first-order chi connectivity index (χ1) is 14.6. The quantitative estimate of drug-likeness (QED) is 0.121. The van der Waals surface area contributed by atoms with Gasteiger partial charge in [0, 0.05) is 0 Å². The van der Waals surface area contributed by atoms with Crippen LogP contribution >= 0.6 is 7.92 Å². The van der Waals surface area contributed by atoms with Crippen LogP contribution < -0.4 is 10.6 Å². The number of hydrogen-bond acceptors (Lipinski definition) is 0. The lowest BCUT2D eigenvalue weighted by molar-refractivity contribution is 0.383. The highest BCUT2D eigenvalue weighted by Gasteiger charge is 2.36.